The van der Waals surface area contributed by atoms with E-state index < -0.39 is 0 Å². The number of hydrogen-bond donors (Lipinski definition) is 0. The molecule has 0 atom stereocenters. The van der Waals surface area contributed by atoms with Crippen molar-refractivity contribution in [3.63, 3.8) is 0 Å². The Balaban J connectivity index is 1.53. The number of fused-ring (bicyclic) bond motifs is 1. The van der Waals surface area contributed by atoms with Gasteiger partial charge in [-0.1, -0.05) is 64.9 Å². The van der Waals surface area contributed by atoms with Gasteiger partial charge in [0.15, 0.2) is 5.82 Å². The molecule has 0 spiro atoms. The fourth-order valence-corrected chi connectivity index (χ4v) is 4.14. The number of benzene rings is 2. The first-order valence-corrected chi connectivity index (χ1v) is 10.1. The van der Waals surface area contributed by atoms with Gasteiger partial charge in [0.2, 0.25) is 4.96 Å². The van der Waals surface area contributed by atoms with E-state index in [0.717, 1.165) is 16.7 Å². The van der Waals surface area contributed by atoms with Gasteiger partial charge in [-0.2, -0.15) is 9.50 Å². The maximum absolute atomic E-state index is 12.7. The van der Waals surface area contributed by atoms with Crippen LogP contribution in [-0.2, 0) is 0 Å². The summed E-state index contributed by atoms with van der Waals surface area (Å²) in [4.78, 5) is 17.8. The van der Waals surface area contributed by atoms with Crippen LogP contribution in [0.1, 0.15) is 11.3 Å². The van der Waals surface area contributed by atoms with Gasteiger partial charge in [0.05, 0.1) is 5.02 Å². The summed E-state index contributed by atoms with van der Waals surface area (Å²) in [6, 6.07) is 19.0. The van der Waals surface area contributed by atoms with Gasteiger partial charge >= 0.3 is 0 Å². The number of rotatable bonds is 3. The molecule has 0 aliphatic heterocycles. The highest BCUT2D eigenvalue weighted by molar-refractivity contribution is 7.15. The van der Waals surface area contributed by atoms with Crippen molar-refractivity contribution in [3.8, 4) is 22.7 Å². The quantitative estimate of drug-likeness (QED) is 0.429. The fraction of sp³-hybridized carbons (Fsp3) is 0.0455. The van der Waals surface area contributed by atoms with E-state index in [9.17, 15) is 4.79 Å². The number of hydrogen-bond acceptors (Lipinski definition) is 5. The van der Waals surface area contributed by atoms with Gasteiger partial charge in [0, 0.05) is 17.2 Å². The zero-order valence-electron chi connectivity index (χ0n) is 15.3. The molecule has 0 N–H and O–H groups in total. The Morgan fingerprint density at radius 3 is 2.62 bits per heavy atom. The zero-order chi connectivity index (χ0) is 20.0. The Morgan fingerprint density at radius 2 is 1.86 bits per heavy atom. The van der Waals surface area contributed by atoms with Gasteiger partial charge in [-0.3, -0.25) is 4.79 Å². The highest BCUT2D eigenvalue weighted by Crippen LogP contribution is 2.29. The van der Waals surface area contributed by atoms with Crippen LogP contribution in [0, 0.1) is 6.92 Å². The molecule has 0 aliphatic rings. The van der Waals surface area contributed by atoms with Crippen molar-refractivity contribution in [1.29, 1.82) is 0 Å². The van der Waals surface area contributed by atoms with E-state index in [-0.39, 0.29) is 5.56 Å². The lowest BCUT2D eigenvalue weighted by Gasteiger charge is -1.98. The van der Waals surface area contributed by atoms with Crippen LogP contribution in [0.2, 0.25) is 5.02 Å². The average Bonchev–Trinajstić information content (AvgIpc) is 3.41. The van der Waals surface area contributed by atoms with E-state index in [0.29, 0.717) is 31.9 Å². The number of aromatic nitrogens is 3. The SMILES string of the molecule is Cc1ccc(-c2nc3sc(=Cc4ccc(-c5ccccc5Cl)o4)c(=O)n3n2)cc1. The first-order chi connectivity index (χ1) is 14.1. The molecule has 0 radical (unpaired) electrons. The Labute approximate surface area is 174 Å². The van der Waals surface area contributed by atoms with Gasteiger partial charge in [0.1, 0.15) is 16.1 Å². The maximum atomic E-state index is 12.7. The molecule has 0 unspecified atom stereocenters. The molecule has 3 heterocycles. The van der Waals surface area contributed by atoms with Crippen LogP contribution >= 0.6 is 22.9 Å². The van der Waals surface area contributed by atoms with Crippen LogP contribution in [0.4, 0.5) is 0 Å². The Hall–Kier alpha value is -3.22. The predicted octanol–water partition coefficient (Wildman–Crippen LogP) is 4.59. The van der Waals surface area contributed by atoms with Crippen LogP contribution in [0.15, 0.2) is 69.9 Å². The van der Waals surface area contributed by atoms with E-state index in [1.54, 1.807) is 6.08 Å². The van der Waals surface area contributed by atoms with Crippen molar-refractivity contribution in [3.05, 3.63) is 91.9 Å². The van der Waals surface area contributed by atoms with Crippen molar-refractivity contribution in [2.45, 2.75) is 6.92 Å². The Bertz CT molecular complexity index is 1450. The van der Waals surface area contributed by atoms with Gasteiger partial charge in [-0.05, 0) is 31.2 Å². The fourth-order valence-electron chi connectivity index (χ4n) is 3.02. The molecule has 0 fully saturated rings. The summed E-state index contributed by atoms with van der Waals surface area (Å²) in [6.45, 7) is 2.02. The van der Waals surface area contributed by atoms with Crippen molar-refractivity contribution < 1.29 is 4.42 Å². The Morgan fingerprint density at radius 1 is 1.07 bits per heavy atom. The summed E-state index contributed by atoms with van der Waals surface area (Å²) in [6.07, 6.45) is 1.70. The standard InChI is InChI=1S/C22H14ClN3O2S/c1-13-6-8-14(9-7-13)20-24-22-26(25-20)21(27)19(29-22)12-15-10-11-18(28-15)16-4-2-3-5-17(16)23/h2-12H,1H3. The second kappa shape index (κ2) is 6.99. The van der Waals surface area contributed by atoms with Crippen LogP contribution in [-0.4, -0.2) is 14.6 Å². The molecule has 5 aromatic rings. The molecule has 3 aromatic heterocycles. The third-order valence-electron chi connectivity index (χ3n) is 4.53. The monoisotopic (exact) mass is 419 g/mol. The molecule has 0 saturated carbocycles. The number of thiazole rings is 1. The molecule has 0 aliphatic carbocycles. The van der Waals surface area contributed by atoms with Crippen molar-refractivity contribution in [1.82, 2.24) is 14.6 Å². The van der Waals surface area contributed by atoms with Crippen LogP contribution in [0.25, 0.3) is 33.7 Å². The molecule has 7 heteroatoms. The van der Waals surface area contributed by atoms with E-state index in [2.05, 4.69) is 10.1 Å². The molecule has 142 valence electrons. The number of halogens is 1. The summed E-state index contributed by atoms with van der Waals surface area (Å²) in [5.41, 5.74) is 2.63. The minimum absolute atomic E-state index is 0.216. The number of nitrogens with zero attached hydrogens (tertiary/aromatic N) is 3. The van der Waals surface area contributed by atoms with Gasteiger partial charge < -0.3 is 4.42 Å². The van der Waals surface area contributed by atoms with Crippen LogP contribution < -0.4 is 10.1 Å². The number of aryl methyl sites for hydroxylation is 1. The third-order valence-corrected chi connectivity index (χ3v) is 5.82. The third kappa shape index (κ3) is 3.26. The molecule has 2 aromatic carbocycles. The topological polar surface area (TPSA) is 60.4 Å². The van der Waals surface area contributed by atoms with E-state index in [1.807, 2.05) is 67.6 Å². The highest BCUT2D eigenvalue weighted by Gasteiger charge is 2.13. The summed E-state index contributed by atoms with van der Waals surface area (Å²) in [5.74, 6) is 1.76. The van der Waals surface area contributed by atoms with Crippen LogP contribution in [0.5, 0.6) is 0 Å². The summed E-state index contributed by atoms with van der Waals surface area (Å²) < 4.78 is 7.71. The highest BCUT2D eigenvalue weighted by atomic mass is 35.5. The minimum Gasteiger partial charge on any atom is -0.457 e. The van der Waals surface area contributed by atoms with Gasteiger partial charge in [0.25, 0.3) is 5.56 Å². The second-order valence-electron chi connectivity index (χ2n) is 6.59. The lowest BCUT2D eigenvalue weighted by atomic mass is 10.1. The first kappa shape index (κ1) is 17.8. The van der Waals surface area contributed by atoms with E-state index in [1.165, 1.54) is 15.9 Å². The summed E-state index contributed by atoms with van der Waals surface area (Å²) in [5, 5.41) is 4.99. The lowest BCUT2D eigenvalue weighted by molar-refractivity contribution is 0.571. The molecule has 5 rings (SSSR count). The zero-order valence-corrected chi connectivity index (χ0v) is 16.9. The van der Waals surface area contributed by atoms with E-state index >= 15 is 0 Å². The molecular weight excluding hydrogens is 406 g/mol. The summed E-state index contributed by atoms with van der Waals surface area (Å²) >= 11 is 7.51. The number of furan rings is 1. The van der Waals surface area contributed by atoms with Crippen molar-refractivity contribution >= 4 is 34.0 Å². The molecule has 29 heavy (non-hydrogen) atoms. The lowest BCUT2D eigenvalue weighted by Crippen LogP contribution is -2.23. The molecular formula is C22H14ClN3O2S. The maximum Gasteiger partial charge on any atom is 0.291 e. The van der Waals surface area contributed by atoms with Crippen LogP contribution in [0.3, 0.4) is 0 Å². The molecule has 0 bridgehead atoms. The minimum atomic E-state index is -0.216. The first-order valence-electron chi connectivity index (χ1n) is 8.91. The predicted molar refractivity (Wildman–Crippen MR) is 115 cm³/mol. The van der Waals surface area contributed by atoms with Crippen molar-refractivity contribution in [2.75, 3.05) is 0 Å². The van der Waals surface area contributed by atoms with Crippen molar-refractivity contribution in [2.24, 2.45) is 0 Å². The largest absolute Gasteiger partial charge is 0.457 e. The molecule has 0 saturated heterocycles. The Kier molecular flexibility index (Phi) is 4.30. The molecule has 0 amide bonds. The average molecular weight is 420 g/mol. The normalized spacial score (nSPS) is 12.1. The summed E-state index contributed by atoms with van der Waals surface area (Å²) in [7, 11) is 0. The second-order valence-corrected chi connectivity index (χ2v) is 8.01. The van der Waals surface area contributed by atoms with E-state index in [4.69, 9.17) is 16.0 Å². The molecule has 5 nitrogen and oxygen atoms in total. The van der Waals surface area contributed by atoms with Gasteiger partial charge in [-0.15, -0.1) is 5.10 Å². The van der Waals surface area contributed by atoms with Gasteiger partial charge in [-0.25, -0.2) is 0 Å². The smallest absolute Gasteiger partial charge is 0.291 e.